The zero-order chi connectivity index (χ0) is 14.6. The van der Waals surface area contributed by atoms with E-state index in [1.54, 1.807) is 6.92 Å². The molecule has 1 aromatic rings. The van der Waals surface area contributed by atoms with Crippen LogP contribution in [0.15, 0.2) is 4.90 Å². The predicted molar refractivity (Wildman–Crippen MR) is 77.9 cm³/mol. The van der Waals surface area contributed by atoms with Gasteiger partial charge in [0.05, 0.1) is 11.4 Å². The second-order valence-corrected chi connectivity index (χ2v) is 7.13. The zero-order valence-electron chi connectivity index (χ0n) is 12.2. The molecule has 0 unspecified atom stereocenters. The fourth-order valence-electron chi connectivity index (χ4n) is 2.21. The second kappa shape index (κ2) is 6.69. The first kappa shape index (κ1) is 15.5. The number of nitrogens with zero attached hydrogens (tertiary/aromatic N) is 1. The van der Waals surface area contributed by atoms with E-state index >= 15 is 0 Å². The minimum Gasteiger partial charge on any atom is -0.311 e. The lowest BCUT2D eigenvalue weighted by atomic mass is 10.3. The molecule has 0 aromatic carbocycles. The van der Waals surface area contributed by atoms with Crippen molar-refractivity contribution in [2.24, 2.45) is 5.92 Å². The van der Waals surface area contributed by atoms with E-state index in [0.717, 1.165) is 19.4 Å². The highest BCUT2D eigenvalue weighted by Gasteiger charge is 2.25. The van der Waals surface area contributed by atoms with Gasteiger partial charge in [-0.25, -0.2) is 13.1 Å². The van der Waals surface area contributed by atoms with Crippen LogP contribution in [0.1, 0.15) is 44.0 Å². The van der Waals surface area contributed by atoms with Crippen LogP contribution in [0.4, 0.5) is 0 Å². The minimum absolute atomic E-state index is 0.303. The number of hydrogen-bond donors (Lipinski definition) is 3. The van der Waals surface area contributed by atoms with Crippen molar-refractivity contribution >= 4 is 10.0 Å². The smallest absolute Gasteiger partial charge is 0.244 e. The molecule has 7 heteroatoms. The van der Waals surface area contributed by atoms with Crippen molar-refractivity contribution in [3.05, 3.63) is 11.4 Å². The van der Waals surface area contributed by atoms with Gasteiger partial charge in [-0.2, -0.15) is 5.10 Å². The lowest BCUT2D eigenvalue weighted by molar-refractivity contribution is 0.571. The molecule has 6 nitrogen and oxygen atoms in total. The van der Waals surface area contributed by atoms with E-state index in [4.69, 9.17) is 0 Å². The van der Waals surface area contributed by atoms with Crippen molar-refractivity contribution in [3.8, 4) is 0 Å². The molecular weight excluding hydrogens is 276 g/mol. The van der Waals surface area contributed by atoms with Gasteiger partial charge in [0.1, 0.15) is 4.90 Å². The summed E-state index contributed by atoms with van der Waals surface area (Å²) in [5, 5.41) is 10.1. The SMILES string of the molecule is CCCNCc1n[nH]c(C)c1S(=O)(=O)NCCC1CC1. The number of hydrogen-bond acceptors (Lipinski definition) is 4. The van der Waals surface area contributed by atoms with Crippen molar-refractivity contribution in [2.45, 2.75) is 51.0 Å². The van der Waals surface area contributed by atoms with E-state index < -0.39 is 10.0 Å². The summed E-state index contributed by atoms with van der Waals surface area (Å²) < 4.78 is 27.4. The normalized spacial score (nSPS) is 15.7. The topological polar surface area (TPSA) is 86.9 Å². The van der Waals surface area contributed by atoms with E-state index in [-0.39, 0.29) is 0 Å². The van der Waals surface area contributed by atoms with Crippen LogP contribution in [-0.2, 0) is 16.6 Å². The van der Waals surface area contributed by atoms with E-state index in [1.165, 1.54) is 12.8 Å². The molecule has 0 atom stereocenters. The van der Waals surface area contributed by atoms with Crippen molar-refractivity contribution in [1.82, 2.24) is 20.2 Å². The third-order valence-electron chi connectivity index (χ3n) is 3.49. The summed E-state index contributed by atoms with van der Waals surface area (Å²) >= 11 is 0. The Morgan fingerprint density at radius 3 is 2.75 bits per heavy atom. The molecule has 1 aliphatic rings. The molecule has 1 saturated carbocycles. The van der Waals surface area contributed by atoms with Crippen molar-refractivity contribution in [2.75, 3.05) is 13.1 Å². The number of aryl methyl sites for hydroxylation is 1. The summed E-state index contributed by atoms with van der Waals surface area (Å²) in [5.41, 5.74) is 1.16. The second-order valence-electron chi connectivity index (χ2n) is 5.43. The van der Waals surface area contributed by atoms with Crippen molar-refractivity contribution in [1.29, 1.82) is 0 Å². The highest BCUT2D eigenvalue weighted by Crippen LogP contribution is 2.31. The Morgan fingerprint density at radius 1 is 1.35 bits per heavy atom. The highest BCUT2D eigenvalue weighted by molar-refractivity contribution is 7.89. The molecule has 0 radical (unpaired) electrons. The fraction of sp³-hybridized carbons (Fsp3) is 0.769. The molecule has 0 spiro atoms. The molecule has 0 amide bonds. The standard InChI is InChI=1S/C13H24N4O2S/c1-3-7-14-9-12-13(10(2)16-17-12)20(18,19)15-8-6-11-4-5-11/h11,14-15H,3-9H2,1-2H3,(H,16,17). The third-order valence-corrected chi connectivity index (χ3v) is 5.15. The molecule has 1 aromatic heterocycles. The third kappa shape index (κ3) is 4.04. The monoisotopic (exact) mass is 300 g/mol. The zero-order valence-corrected chi connectivity index (χ0v) is 13.0. The Kier molecular flexibility index (Phi) is 5.17. The van der Waals surface area contributed by atoms with Gasteiger partial charge in [0.25, 0.3) is 0 Å². The summed E-state index contributed by atoms with van der Waals surface area (Å²) in [4.78, 5) is 0.303. The Bertz CT molecular complexity index is 535. The van der Waals surface area contributed by atoms with Crippen molar-refractivity contribution in [3.63, 3.8) is 0 Å². The van der Waals surface area contributed by atoms with Gasteiger partial charge < -0.3 is 5.32 Å². The molecule has 20 heavy (non-hydrogen) atoms. The number of rotatable bonds is 9. The van der Waals surface area contributed by atoms with Crippen LogP contribution in [0.2, 0.25) is 0 Å². The number of nitrogens with one attached hydrogen (secondary N) is 3. The molecule has 1 fully saturated rings. The molecule has 0 aliphatic heterocycles. The number of sulfonamides is 1. The summed E-state index contributed by atoms with van der Waals surface area (Å²) in [5.74, 6) is 0.717. The summed E-state index contributed by atoms with van der Waals surface area (Å²) in [6, 6.07) is 0. The maximum Gasteiger partial charge on any atom is 0.244 e. The van der Waals surface area contributed by atoms with Gasteiger partial charge in [-0.3, -0.25) is 5.10 Å². The first-order valence-corrected chi connectivity index (χ1v) is 8.77. The Balaban J connectivity index is 2.02. The summed E-state index contributed by atoms with van der Waals surface area (Å²) in [7, 11) is -3.47. The van der Waals surface area contributed by atoms with Crippen LogP contribution in [0.25, 0.3) is 0 Å². The molecular formula is C13H24N4O2S. The van der Waals surface area contributed by atoms with E-state index in [2.05, 4.69) is 27.2 Å². The molecule has 3 N–H and O–H groups in total. The lowest BCUT2D eigenvalue weighted by Crippen LogP contribution is -2.27. The van der Waals surface area contributed by atoms with Gasteiger partial charge in [0.15, 0.2) is 0 Å². The maximum atomic E-state index is 12.4. The van der Waals surface area contributed by atoms with Gasteiger partial charge >= 0.3 is 0 Å². The largest absolute Gasteiger partial charge is 0.311 e. The van der Waals surface area contributed by atoms with Gasteiger partial charge in [-0.05, 0) is 32.2 Å². The average molecular weight is 300 g/mol. The van der Waals surface area contributed by atoms with Crippen LogP contribution in [0.5, 0.6) is 0 Å². The molecule has 114 valence electrons. The molecule has 0 saturated heterocycles. The quantitative estimate of drug-likeness (QED) is 0.600. The van der Waals surface area contributed by atoms with Crippen LogP contribution in [0, 0.1) is 12.8 Å². The summed E-state index contributed by atoms with van der Waals surface area (Å²) in [6.07, 6.45) is 4.40. The minimum atomic E-state index is -3.47. The number of aromatic nitrogens is 2. The van der Waals surface area contributed by atoms with Crippen LogP contribution < -0.4 is 10.0 Å². The Labute approximate surface area is 120 Å². The van der Waals surface area contributed by atoms with Gasteiger partial charge in [0.2, 0.25) is 10.0 Å². The lowest BCUT2D eigenvalue weighted by Gasteiger charge is -2.08. The molecule has 1 aliphatic carbocycles. The number of aromatic amines is 1. The van der Waals surface area contributed by atoms with E-state index in [0.29, 0.717) is 35.3 Å². The average Bonchev–Trinajstić information content (AvgIpc) is 3.12. The highest BCUT2D eigenvalue weighted by atomic mass is 32.2. The molecule has 0 bridgehead atoms. The van der Waals surface area contributed by atoms with Crippen LogP contribution >= 0.6 is 0 Å². The molecule has 2 rings (SSSR count). The van der Waals surface area contributed by atoms with Gasteiger partial charge in [-0.1, -0.05) is 19.8 Å². The van der Waals surface area contributed by atoms with Gasteiger partial charge in [0, 0.05) is 13.1 Å². The first-order valence-electron chi connectivity index (χ1n) is 7.28. The maximum absolute atomic E-state index is 12.4. The van der Waals surface area contributed by atoms with Crippen LogP contribution in [0.3, 0.4) is 0 Å². The van der Waals surface area contributed by atoms with E-state index in [1.807, 2.05) is 0 Å². The summed E-state index contributed by atoms with van der Waals surface area (Å²) in [6.45, 7) is 5.64. The number of H-pyrrole nitrogens is 1. The Hall–Kier alpha value is -0.920. The van der Waals surface area contributed by atoms with Gasteiger partial charge in [-0.15, -0.1) is 0 Å². The Morgan fingerprint density at radius 2 is 2.10 bits per heavy atom. The molecule has 1 heterocycles. The van der Waals surface area contributed by atoms with E-state index in [9.17, 15) is 8.42 Å². The predicted octanol–water partition coefficient (Wildman–Crippen LogP) is 1.30. The first-order chi connectivity index (χ1) is 9.54. The fourth-order valence-corrected chi connectivity index (χ4v) is 3.61. The van der Waals surface area contributed by atoms with Crippen LogP contribution in [-0.4, -0.2) is 31.7 Å². The van der Waals surface area contributed by atoms with Crippen molar-refractivity contribution < 1.29 is 8.42 Å².